The van der Waals surface area contributed by atoms with Gasteiger partial charge in [-0.15, -0.1) is 0 Å². The summed E-state index contributed by atoms with van der Waals surface area (Å²) < 4.78 is 13.2. The van der Waals surface area contributed by atoms with Crippen LogP contribution in [0.2, 0.25) is 0 Å². The third-order valence-corrected chi connectivity index (χ3v) is 4.96. The minimum Gasteiger partial charge on any atom is -0.336 e. The van der Waals surface area contributed by atoms with Crippen molar-refractivity contribution in [2.75, 3.05) is 6.54 Å². The molecule has 22 heavy (non-hydrogen) atoms. The molecule has 2 aliphatic rings. The third kappa shape index (κ3) is 3.08. The van der Waals surface area contributed by atoms with Gasteiger partial charge in [-0.1, -0.05) is 32.9 Å². The number of hydrogen-bond donors (Lipinski definition) is 0. The number of hydrogen-bond acceptors (Lipinski definition) is 1. The SMILES string of the molecule is CC1(C)CC2CC(C)(CN2C(=O)/C=C/c2cccc(F)c2)C1. The first-order chi connectivity index (χ1) is 10.3. The lowest BCUT2D eigenvalue weighted by molar-refractivity contribution is -0.127. The van der Waals surface area contributed by atoms with Gasteiger partial charge in [0.15, 0.2) is 0 Å². The molecule has 2 nitrogen and oxygen atoms in total. The Balaban J connectivity index is 1.74. The highest BCUT2D eigenvalue weighted by atomic mass is 19.1. The van der Waals surface area contributed by atoms with Crippen molar-refractivity contribution >= 4 is 12.0 Å². The normalized spacial score (nSPS) is 30.0. The van der Waals surface area contributed by atoms with Crippen LogP contribution in [-0.2, 0) is 4.79 Å². The van der Waals surface area contributed by atoms with Gasteiger partial charge in [0.2, 0.25) is 5.91 Å². The minimum atomic E-state index is -0.277. The summed E-state index contributed by atoms with van der Waals surface area (Å²) in [6.07, 6.45) is 6.65. The van der Waals surface area contributed by atoms with Crippen molar-refractivity contribution in [2.45, 2.75) is 46.1 Å². The number of nitrogens with zero attached hydrogens (tertiary/aromatic N) is 1. The van der Waals surface area contributed by atoms with Gasteiger partial charge in [0.05, 0.1) is 0 Å². The van der Waals surface area contributed by atoms with Crippen LogP contribution in [0.15, 0.2) is 30.3 Å². The maximum Gasteiger partial charge on any atom is 0.246 e. The highest BCUT2D eigenvalue weighted by Crippen LogP contribution is 2.52. The molecular weight excluding hydrogens is 277 g/mol. The Hall–Kier alpha value is -1.64. The number of benzene rings is 1. The van der Waals surface area contributed by atoms with Gasteiger partial charge in [0.1, 0.15) is 5.82 Å². The Kier molecular flexibility index (Phi) is 3.62. The molecule has 1 heterocycles. The van der Waals surface area contributed by atoms with Gasteiger partial charge in [-0.05, 0) is 53.9 Å². The van der Waals surface area contributed by atoms with Crippen molar-refractivity contribution < 1.29 is 9.18 Å². The van der Waals surface area contributed by atoms with Crippen molar-refractivity contribution in [3.63, 3.8) is 0 Å². The highest BCUT2D eigenvalue weighted by molar-refractivity contribution is 5.92. The van der Waals surface area contributed by atoms with Crippen LogP contribution in [0, 0.1) is 16.6 Å². The highest BCUT2D eigenvalue weighted by Gasteiger charge is 2.50. The Morgan fingerprint density at radius 3 is 2.82 bits per heavy atom. The molecule has 1 aliphatic heterocycles. The summed E-state index contributed by atoms with van der Waals surface area (Å²) in [5.74, 6) is -0.225. The van der Waals surface area contributed by atoms with Gasteiger partial charge in [-0.3, -0.25) is 4.79 Å². The Labute approximate surface area is 132 Å². The third-order valence-electron chi connectivity index (χ3n) is 4.96. The molecule has 1 aromatic rings. The van der Waals surface area contributed by atoms with Crippen molar-refractivity contribution in [3.8, 4) is 0 Å². The predicted octanol–water partition coefficient (Wildman–Crippen LogP) is 4.27. The van der Waals surface area contributed by atoms with E-state index in [4.69, 9.17) is 0 Å². The van der Waals surface area contributed by atoms with Crippen molar-refractivity contribution in [1.82, 2.24) is 4.90 Å². The van der Waals surface area contributed by atoms with E-state index in [1.807, 2.05) is 4.90 Å². The van der Waals surface area contributed by atoms with Crippen LogP contribution in [-0.4, -0.2) is 23.4 Å². The summed E-state index contributed by atoms with van der Waals surface area (Å²) >= 11 is 0. The zero-order valence-electron chi connectivity index (χ0n) is 13.6. The molecular formula is C19H24FNO. The van der Waals surface area contributed by atoms with E-state index >= 15 is 0 Å². The molecule has 3 heteroatoms. The number of carbonyl (C=O) groups is 1. The average Bonchev–Trinajstić information content (AvgIpc) is 2.65. The summed E-state index contributed by atoms with van der Waals surface area (Å²) in [6, 6.07) is 6.66. The second-order valence-corrected chi connectivity index (χ2v) is 8.07. The first-order valence-corrected chi connectivity index (χ1v) is 8.01. The van der Waals surface area contributed by atoms with Crippen LogP contribution >= 0.6 is 0 Å². The summed E-state index contributed by atoms with van der Waals surface area (Å²) in [7, 11) is 0. The van der Waals surface area contributed by atoms with Crippen molar-refractivity contribution in [3.05, 3.63) is 41.7 Å². The minimum absolute atomic E-state index is 0.0516. The van der Waals surface area contributed by atoms with Gasteiger partial charge in [0, 0.05) is 18.7 Å². The molecule has 0 radical (unpaired) electrons. The maximum atomic E-state index is 13.2. The van der Waals surface area contributed by atoms with Crippen LogP contribution in [0.25, 0.3) is 6.08 Å². The molecule has 1 amide bonds. The summed E-state index contributed by atoms with van der Waals surface area (Å²) in [5.41, 5.74) is 1.27. The molecule has 2 unspecified atom stereocenters. The molecule has 0 spiro atoms. The van der Waals surface area contributed by atoms with Crippen LogP contribution in [0.4, 0.5) is 4.39 Å². The van der Waals surface area contributed by atoms with E-state index in [1.165, 1.54) is 18.6 Å². The smallest absolute Gasteiger partial charge is 0.246 e. The second kappa shape index (κ2) is 5.22. The summed E-state index contributed by atoms with van der Waals surface area (Å²) in [6.45, 7) is 7.74. The fourth-order valence-corrected chi connectivity index (χ4v) is 4.59. The van der Waals surface area contributed by atoms with E-state index in [1.54, 1.807) is 24.3 Å². The van der Waals surface area contributed by atoms with Gasteiger partial charge in [-0.2, -0.15) is 0 Å². The summed E-state index contributed by atoms with van der Waals surface area (Å²) in [5, 5.41) is 0. The Morgan fingerprint density at radius 2 is 2.09 bits per heavy atom. The molecule has 118 valence electrons. The van der Waals surface area contributed by atoms with Crippen molar-refractivity contribution in [2.24, 2.45) is 10.8 Å². The topological polar surface area (TPSA) is 20.3 Å². The lowest BCUT2D eigenvalue weighted by atomic mass is 9.65. The van der Waals surface area contributed by atoms with Gasteiger partial charge < -0.3 is 4.90 Å². The zero-order chi connectivity index (χ0) is 16.0. The lowest BCUT2D eigenvalue weighted by Crippen LogP contribution is -2.36. The molecule has 2 bridgehead atoms. The second-order valence-electron chi connectivity index (χ2n) is 8.07. The van der Waals surface area contributed by atoms with Crippen LogP contribution in [0.1, 0.15) is 45.6 Å². The number of amides is 1. The van der Waals surface area contributed by atoms with E-state index in [2.05, 4.69) is 20.8 Å². The number of likely N-dealkylation sites (tertiary alicyclic amines) is 1. The number of carbonyl (C=O) groups excluding carboxylic acids is 1. The van der Waals surface area contributed by atoms with Crippen molar-refractivity contribution in [1.29, 1.82) is 0 Å². The number of rotatable bonds is 2. The molecule has 1 saturated carbocycles. The van der Waals surface area contributed by atoms with Gasteiger partial charge in [-0.25, -0.2) is 4.39 Å². The van der Waals surface area contributed by atoms with E-state index in [9.17, 15) is 9.18 Å². The van der Waals surface area contributed by atoms with E-state index < -0.39 is 0 Å². The number of fused-ring (bicyclic) bond motifs is 2. The molecule has 3 rings (SSSR count). The fourth-order valence-electron chi connectivity index (χ4n) is 4.59. The van der Waals surface area contributed by atoms with Crippen LogP contribution < -0.4 is 0 Å². The van der Waals surface area contributed by atoms with Crippen LogP contribution in [0.5, 0.6) is 0 Å². The van der Waals surface area contributed by atoms with Crippen LogP contribution in [0.3, 0.4) is 0 Å². The largest absolute Gasteiger partial charge is 0.336 e. The monoisotopic (exact) mass is 301 g/mol. The Morgan fingerprint density at radius 1 is 1.32 bits per heavy atom. The summed E-state index contributed by atoms with van der Waals surface area (Å²) in [4.78, 5) is 14.6. The average molecular weight is 301 g/mol. The van der Waals surface area contributed by atoms with Gasteiger partial charge >= 0.3 is 0 Å². The predicted molar refractivity (Wildman–Crippen MR) is 86.7 cm³/mol. The van der Waals surface area contributed by atoms with E-state index in [-0.39, 0.29) is 17.1 Å². The number of halogens is 1. The molecule has 1 aliphatic carbocycles. The molecule has 1 aromatic carbocycles. The lowest BCUT2D eigenvalue weighted by Gasteiger charge is -2.39. The standard InChI is InChI=1S/C19H24FNO/c1-18(2)10-16-11-19(3,12-18)13-21(16)17(22)8-7-14-5-4-6-15(20)9-14/h4-9,16H,10-13H2,1-3H3/b8-7+. The Bertz CT molecular complexity index is 622. The first-order valence-electron chi connectivity index (χ1n) is 8.01. The molecule has 0 N–H and O–H groups in total. The van der Waals surface area contributed by atoms with E-state index in [0.717, 1.165) is 24.9 Å². The fraction of sp³-hybridized carbons (Fsp3) is 0.526. The first kappa shape index (κ1) is 15.3. The molecule has 2 fully saturated rings. The molecule has 0 aromatic heterocycles. The van der Waals surface area contributed by atoms with Gasteiger partial charge in [0.25, 0.3) is 0 Å². The quantitative estimate of drug-likeness (QED) is 0.747. The molecule has 2 atom stereocenters. The maximum absolute atomic E-state index is 13.2. The van der Waals surface area contributed by atoms with E-state index in [0.29, 0.717) is 11.5 Å². The molecule has 1 saturated heterocycles. The zero-order valence-corrected chi connectivity index (χ0v) is 13.6.